The monoisotopic (exact) mass is 292 g/mol. The van der Waals surface area contributed by atoms with E-state index in [1.807, 2.05) is 0 Å². The molecule has 0 bridgehead atoms. The second-order valence-electron chi connectivity index (χ2n) is 3.74. The predicted molar refractivity (Wildman–Crippen MR) is 82.2 cm³/mol. The number of nitrogens with one attached hydrogen (secondary N) is 1. The van der Waals surface area contributed by atoms with Gasteiger partial charge in [0.15, 0.2) is 0 Å². The number of aliphatic carboxylic acids is 1. The van der Waals surface area contributed by atoms with E-state index in [9.17, 15) is 4.79 Å². The summed E-state index contributed by atoms with van der Waals surface area (Å²) in [5, 5.41) is 14.8. The number of carboxylic acids is 1. The first-order valence-corrected chi connectivity index (χ1v) is 6.25. The summed E-state index contributed by atoms with van der Waals surface area (Å²) in [6.45, 7) is 0.468. The van der Waals surface area contributed by atoms with Gasteiger partial charge >= 0.3 is 5.97 Å². The van der Waals surface area contributed by atoms with Crippen LogP contribution in [-0.4, -0.2) is 46.2 Å². The molecule has 1 heterocycles. The Bertz CT molecular complexity index is 461. The van der Waals surface area contributed by atoms with Crippen molar-refractivity contribution in [1.29, 1.82) is 5.41 Å². The first-order valence-electron chi connectivity index (χ1n) is 6.25. The third-order valence-electron chi connectivity index (χ3n) is 2.19. The molecule has 1 aromatic rings. The minimum Gasteiger partial charge on any atom is -0.480 e. The fraction of sp³-hybridized carbons (Fsp3) is 0.308. The maximum Gasteiger partial charge on any atom is 0.328 e. The standard InChI is InChI=1S/C12H16N4O2.CH4N2/c13-6-1-4-11(12(17)18)15-7-2-3-10-5-8-14-9-16-10;2-1-3/h2-3,5,7-9,11H,1,4,6,13H2,(H,17,18);1H,(H3,2,3)/b3-2+,15-7?;. The van der Waals surface area contributed by atoms with Crippen molar-refractivity contribution in [3.8, 4) is 0 Å². The highest BCUT2D eigenvalue weighted by molar-refractivity contribution is 5.81. The number of carbonyl (C=O) groups is 1. The van der Waals surface area contributed by atoms with E-state index in [1.54, 1.807) is 24.4 Å². The smallest absolute Gasteiger partial charge is 0.328 e. The maximum atomic E-state index is 10.9. The minimum atomic E-state index is -0.935. The number of hydrogen-bond donors (Lipinski definition) is 4. The number of nitrogens with two attached hydrogens (primary N) is 2. The first kappa shape index (κ1) is 18.4. The summed E-state index contributed by atoms with van der Waals surface area (Å²) in [5.41, 5.74) is 10.5. The number of carboxylic acid groups (broad SMARTS) is 1. The van der Waals surface area contributed by atoms with Crippen LogP contribution in [0.2, 0.25) is 0 Å². The van der Waals surface area contributed by atoms with Crippen LogP contribution in [0, 0.1) is 5.41 Å². The average molecular weight is 292 g/mol. The summed E-state index contributed by atoms with van der Waals surface area (Å²) < 4.78 is 0. The molecule has 0 aliphatic rings. The van der Waals surface area contributed by atoms with Gasteiger partial charge in [0.2, 0.25) is 0 Å². The van der Waals surface area contributed by atoms with Crippen LogP contribution in [-0.2, 0) is 4.79 Å². The molecule has 1 atom stereocenters. The lowest BCUT2D eigenvalue weighted by atomic mass is 10.1. The number of aliphatic imine (C=N–C) groups is 1. The van der Waals surface area contributed by atoms with Crippen LogP contribution in [0.5, 0.6) is 0 Å². The summed E-state index contributed by atoms with van der Waals surface area (Å²) >= 11 is 0. The number of allylic oxidation sites excluding steroid dienone is 1. The molecule has 114 valence electrons. The SMILES string of the molecule is N=CN.NCCCC(N=C/C=C/c1ccncn1)C(=O)O. The summed E-state index contributed by atoms with van der Waals surface area (Å²) in [4.78, 5) is 22.6. The highest BCUT2D eigenvalue weighted by Crippen LogP contribution is 2.01. The van der Waals surface area contributed by atoms with Crippen LogP contribution in [0.1, 0.15) is 18.5 Å². The van der Waals surface area contributed by atoms with Crippen molar-refractivity contribution in [2.75, 3.05) is 6.54 Å². The Labute approximate surface area is 123 Å². The van der Waals surface area contributed by atoms with Crippen LogP contribution in [0.3, 0.4) is 0 Å². The van der Waals surface area contributed by atoms with E-state index in [-0.39, 0.29) is 0 Å². The summed E-state index contributed by atoms with van der Waals surface area (Å²) in [5.74, 6) is -0.935. The first-order chi connectivity index (χ1) is 10.2. The van der Waals surface area contributed by atoms with Gasteiger partial charge < -0.3 is 16.6 Å². The molecule has 0 saturated carbocycles. The van der Waals surface area contributed by atoms with Crippen LogP contribution in [0.25, 0.3) is 6.08 Å². The molecule has 0 spiro atoms. The van der Waals surface area contributed by atoms with Gasteiger partial charge in [-0.05, 0) is 37.6 Å². The third kappa shape index (κ3) is 9.91. The van der Waals surface area contributed by atoms with Gasteiger partial charge in [0.1, 0.15) is 12.4 Å². The zero-order valence-electron chi connectivity index (χ0n) is 11.6. The number of hydrogen-bond acceptors (Lipinski definition) is 6. The van der Waals surface area contributed by atoms with Crippen molar-refractivity contribution in [1.82, 2.24) is 9.97 Å². The van der Waals surface area contributed by atoms with E-state index in [2.05, 4.69) is 20.7 Å². The lowest BCUT2D eigenvalue weighted by Crippen LogP contribution is -2.19. The Hall–Kier alpha value is -2.61. The summed E-state index contributed by atoms with van der Waals surface area (Å²) in [7, 11) is 0. The largest absolute Gasteiger partial charge is 0.480 e. The average Bonchev–Trinajstić information content (AvgIpc) is 2.48. The molecule has 8 heteroatoms. The Kier molecular flexibility index (Phi) is 10.9. The Balaban J connectivity index is 0.00000122. The van der Waals surface area contributed by atoms with Crippen molar-refractivity contribution in [2.45, 2.75) is 18.9 Å². The summed E-state index contributed by atoms with van der Waals surface area (Å²) in [6.07, 6.45) is 9.77. The Morgan fingerprint density at radius 2 is 2.29 bits per heavy atom. The van der Waals surface area contributed by atoms with Crippen LogP contribution < -0.4 is 11.5 Å². The molecule has 0 saturated heterocycles. The molecule has 1 rings (SSSR count). The molecular weight excluding hydrogens is 272 g/mol. The van der Waals surface area contributed by atoms with Gasteiger partial charge in [0.05, 0.1) is 12.0 Å². The third-order valence-corrected chi connectivity index (χ3v) is 2.19. The van der Waals surface area contributed by atoms with Gasteiger partial charge in [-0.15, -0.1) is 0 Å². The molecular formula is C13H20N6O2. The predicted octanol–water partition coefficient (Wildman–Crippen LogP) is 0.305. The highest BCUT2D eigenvalue weighted by Gasteiger charge is 2.13. The molecule has 21 heavy (non-hydrogen) atoms. The number of rotatable bonds is 7. The summed E-state index contributed by atoms with van der Waals surface area (Å²) in [6, 6.07) is 1.01. The lowest BCUT2D eigenvalue weighted by Gasteiger charge is -2.04. The molecule has 0 radical (unpaired) electrons. The molecule has 1 unspecified atom stereocenters. The molecule has 0 aliphatic carbocycles. The Morgan fingerprint density at radius 3 is 2.81 bits per heavy atom. The molecule has 8 nitrogen and oxygen atoms in total. The van der Waals surface area contributed by atoms with E-state index in [1.165, 1.54) is 12.5 Å². The van der Waals surface area contributed by atoms with E-state index < -0.39 is 12.0 Å². The van der Waals surface area contributed by atoms with Gasteiger partial charge in [-0.25, -0.2) is 14.8 Å². The second kappa shape index (κ2) is 12.4. The zero-order chi connectivity index (χ0) is 15.9. The molecule has 0 aliphatic heterocycles. The van der Waals surface area contributed by atoms with E-state index in [4.69, 9.17) is 16.2 Å². The molecule has 0 aromatic carbocycles. The fourth-order valence-corrected chi connectivity index (χ4v) is 1.27. The van der Waals surface area contributed by atoms with E-state index in [0.717, 1.165) is 12.0 Å². The minimum absolute atomic E-state index is 0.448. The van der Waals surface area contributed by atoms with E-state index >= 15 is 0 Å². The number of nitrogens with zero attached hydrogens (tertiary/aromatic N) is 3. The zero-order valence-corrected chi connectivity index (χ0v) is 11.6. The van der Waals surface area contributed by atoms with E-state index in [0.29, 0.717) is 19.4 Å². The highest BCUT2D eigenvalue weighted by atomic mass is 16.4. The fourth-order valence-electron chi connectivity index (χ4n) is 1.27. The van der Waals surface area contributed by atoms with Gasteiger partial charge in [-0.2, -0.15) is 0 Å². The van der Waals surface area contributed by atoms with Crippen molar-refractivity contribution >= 4 is 24.6 Å². The number of aromatic nitrogens is 2. The lowest BCUT2D eigenvalue weighted by molar-refractivity contribution is -0.138. The maximum absolute atomic E-state index is 10.9. The van der Waals surface area contributed by atoms with Crippen LogP contribution in [0.4, 0.5) is 0 Å². The van der Waals surface area contributed by atoms with Gasteiger partial charge in [0.25, 0.3) is 0 Å². The molecule has 0 amide bonds. The van der Waals surface area contributed by atoms with Gasteiger partial charge in [-0.3, -0.25) is 10.4 Å². The van der Waals surface area contributed by atoms with Gasteiger partial charge in [-0.1, -0.05) is 0 Å². The van der Waals surface area contributed by atoms with Crippen molar-refractivity contribution in [3.63, 3.8) is 0 Å². The van der Waals surface area contributed by atoms with Gasteiger partial charge in [0, 0.05) is 12.4 Å². The van der Waals surface area contributed by atoms with Crippen molar-refractivity contribution < 1.29 is 9.90 Å². The van der Waals surface area contributed by atoms with Crippen LogP contribution >= 0.6 is 0 Å². The topological polar surface area (TPSA) is 151 Å². The molecule has 6 N–H and O–H groups in total. The normalized spacial score (nSPS) is 11.9. The second-order valence-corrected chi connectivity index (χ2v) is 3.74. The van der Waals surface area contributed by atoms with Crippen molar-refractivity contribution in [2.24, 2.45) is 16.5 Å². The molecule has 0 fully saturated rings. The molecule has 1 aromatic heterocycles. The van der Waals surface area contributed by atoms with Crippen LogP contribution in [0.15, 0.2) is 29.7 Å². The van der Waals surface area contributed by atoms with Crippen molar-refractivity contribution in [3.05, 3.63) is 30.4 Å². The Morgan fingerprint density at radius 1 is 1.57 bits per heavy atom. The quantitative estimate of drug-likeness (QED) is 0.419.